The van der Waals surface area contributed by atoms with Gasteiger partial charge in [0.25, 0.3) is 0 Å². The van der Waals surface area contributed by atoms with Gasteiger partial charge in [-0.15, -0.1) is 6.58 Å². The minimum Gasteiger partial charge on any atom is -0.317 e. The van der Waals surface area contributed by atoms with Gasteiger partial charge in [0.15, 0.2) is 0 Å². The highest BCUT2D eigenvalue weighted by Crippen LogP contribution is 2.36. The topological polar surface area (TPSA) is 29.1 Å². The fraction of sp³-hybridized carbons (Fsp3) is 0.786. The molecule has 0 atom stereocenters. The molecule has 0 bridgehead atoms. The van der Waals surface area contributed by atoms with Gasteiger partial charge >= 0.3 is 0 Å². The minimum absolute atomic E-state index is 0.0184. The van der Waals surface area contributed by atoms with Crippen LogP contribution in [0.4, 0.5) is 0 Å². The number of piperidine rings is 1. The lowest BCUT2D eigenvalue weighted by Gasteiger charge is -2.36. The third-order valence-electron chi connectivity index (χ3n) is 3.66. The first-order chi connectivity index (χ1) is 7.60. The first-order valence-electron chi connectivity index (χ1n) is 6.49. The summed E-state index contributed by atoms with van der Waals surface area (Å²) in [5, 5.41) is 3.35. The lowest BCUT2D eigenvalue weighted by atomic mass is 9.71. The van der Waals surface area contributed by atoms with Gasteiger partial charge in [0.1, 0.15) is 5.78 Å². The molecule has 16 heavy (non-hydrogen) atoms. The Morgan fingerprint density at radius 1 is 1.31 bits per heavy atom. The van der Waals surface area contributed by atoms with Crippen molar-refractivity contribution in [3.05, 3.63) is 12.2 Å². The Kier molecular flexibility index (Phi) is 5.20. The fourth-order valence-electron chi connectivity index (χ4n) is 2.64. The van der Waals surface area contributed by atoms with E-state index in [4.69, 9.17) is 0 Å². The molecule has 0 unspecified atom stereocenters. The molecule has 0 aromatic carbocycles. The number of hydrogen-bond acceptors (Lipinski definition) is 2. The van der Waals surface area contributed by atoms with Crippen LogP contribution in [0.15, 0.2) is 12.2 Å². The van der Waals surface area contributed by atoms with Gasteiger partial charge in [-0.2, -0.15) is 0 Å². The van der Waals surface area contributed by atoms with Crippen molar-refractivity contribution in [3.63, 3.8) is 0 Å². The first-order valence-corrected chi connectivity index (χ1v) is 6.49. The second kappa shape index (κ2) is 6.19. The average molecular weight is 223 g/mol. The van der Waals surface area contributed by atoms with E-state index in [0.29, 0.717) is 12.2 Å². The molecule has 0 aromatic heterocycles. The normalized spacial score (nSPS) is 19.4. The zero-order chi connectivity index (χ0) is 12.0. The van der Waals surface area contributed by atoms with E-state index in [2.05, 4.69) is 18.8 Å². The van der Waals surface area contributed by atoms with Crippen LogP contribution in [0.25, 0.3) is 0 Å². The Morgan fingerprint density at radius 2 is 1.94 bits per heavy atom. The number of ketones is 1. The molecule has 0 saturated carbocycles. The standard InChI is InChI=1S/C14H25NO/c1-4-7-14(8-10-15-11-9-14)13(16)6-5-12(2)3/h15H,2,4-11H2,1,3H3. The number of nitrogens with one attached hydrogen (secondary N) is 1. The van der Waals surface area contributed by atoms with Crippen molar-refractivity contribution in [3.8, 4) is 0 Å². The molecule has 2 heteroatoms. The van der Waals surface area contributed by atoms with Crippen LogP contribution in [0.5, 0.6) is 0 Å². The maximum absolute atomic E-state index is 12.3. The zero-order valence-electron chi connectivity index (χ0n) is 10.8. The quantitative estimate of drug-likeness (QED) is 0.701. The summed E-state index contributed by atoms with van der Waals surface area (Å²) in [6.07, 6.45) is 5.77. The van der Waals surface area contributed by atoms with Crippen molar-refractivity contribution >= 4 is 5.78 Å². The lowest BCUT2D eigenvalue weighted by Crippen LogP contribution is -2.42. The van der Waals surface area contributed by atoms with Crippen LogP contribution in [-0.4, -0.2) is 18.9 Å². The third-order valence-corrected chi connectivity index (χ3v) is 3.66. The van der Waals surface area contributed by atoms with Gasteiger partial charge in [-0.1, -0.05) is 18.9 Å². The van der Waals surface area contributed by atoms with Crippen molar-refractivity contribution in [2.75, 3.05) is 13.1 Å². The molecule has 0 spiro atoms. The van der Waals surface area contributed by atoms with Crippen LogP contribution in [0.1, 0.15) is 52.4 Å². The number of hydrogen-bond donors (Lipinski definition) is 1. The molecule has 1 N–H and O–H groups in total. The van der Waals surface area contributed by atoms with E-state index in [0.717, 1.165) is 50.8 Å². The van der Waals surface area contributed by atoms with Crippen LogP contribution in [0.3, 0.4) is 0 Å². The summed E-state index contributed by atoms with van der Waals surface area (Å²) in [5.41, 5.74) is 1.10. The fourth-order valence-corrected chi connectivity index (χ4v) is 2.64. The third kappa shape index (κ3) is 3.44. The van der Waals surface area contributed by atoms with E-state index < -0.39 is 0 Å². The van der Waals surface area contributed by atoms with Crippen molar-refractivity contribution in [2.45, 2.75) is 52.4 Å². The summed E-state index contributed by atoms with van der Waals surface area (Å²) < 4.78 is 0. The number of rotatable bonds is 6. The highest BCUT2D eigenvalue weighted by atomic mass is 16.1. The first kappa shape index (κ1) is 13.4. The van der Waals surface area contributed by atoms with Crippen molar-refractivity contribution in [1.82, 2.24) is 5.32 Å². The smallest absolute Gasteiger partial charge is 0.139 e. The number of allylic oxidation sites excluding steroid dienone is 1. The molecule has 1 fully saturated rings. The van der Waals surface area contributed by atoms with Gasteiger partial charge in [-0.05, 0) is 45.7 Å². The molecular weight excluding hydrogens is 198 g/mol. The van der Waals surface area contributed by atoms with Crippen molar-refractivity contribution in [2.24, 2.45) is 5.41 Å². The maximum Gasteiger partial charge on any atom is 0.139 e. The highest BCUT2D eigenvalue weighted by Gasteiger charge is 2.37. The molecule has 1 saturated heterocycles. The van der Waals surface area contributed by atoms with Gasteiger partial charge in [-0.25, -0.2) is 0 Å². The molecule has 2 nitrogen and oxygen atoms in total. The van der Waals surface area contributed by atoms with E-state index in [1.54, 1.807) is 0 Å². The summed E-state index contributed by atoms with van der Waals surface area (Å²) in [4.78, 5) is 12.3. The molecule has 0 aliphatic carbocycles. The summed E-state index contributed by atoms with van der Waals surface area (Å²) in [6, 6.07) is 0. The van der Waals surface area contributed by atoms with Crippen molar-refractivity contribution < 1.29 is 4.79 Å². The Labute approximate surface area is 99.5 Å². The Balaban J connectivity index is 2.60. The van der Waals surface area contributed by atoms with E-state index in [1.807, 2.05) is 6.92 Å². The molecule has 0 radical (unpaired) electrons. The van der Waals surface area contributed by atoms with Gasteiger partial charge in [-0.3, -0.25) is 4.79 Å². The number of carbonyl (C=O) groups excluding carboxylic acids is 1. The second-order valence-electron chi connectivity index (χ2n) is 5.16. The van der Waals surface area contributed by atoms with Gasteiger partial charge in [0, 0.05) is 11.8 Å². The van der Waals surface area contributed by atoms with E-state index >= 15 is 0 Å². The maximum atomic E-state index is 12.3. The van der Waals surface area contributed by atoms with E-state index in [1.165, 1.54) is 0 Å². The van der Waals surface area contributed by atoms with Crippen LogP contribution in [-0.2, 0) is 4.79 Å². The zero-order valence-corrected chi connectivity index (χ0v) is 10.8. The Hall–Kier alpha value is -0.630. The molecule has 92 valence electrons. The number of carbonyl (C=O) groups is 1. The lowest BCUT2D eigenvalue weighted by molar-refractivity contribution is -0.130. The Morgan fingerprint density at radius 3 is 2.44 bits per heavy atom. The molecule has 1 rings (SSSR count). The molecular formula is C14H25NO. The van der Waals surface area contributed by atoms with Gasteiger partial charge < -0.3 is 5.32 Å². The molecule has 0 amide bonds. The Bertz CT molecular complexity index is 246. The predicted octanol–water partition coefficient (Wildman–Crippen LogP) is 3.08. The van der Waals surface area contributed by atoms with E-state index in [9.17, 15) is 4.79 Å². The van der Waals surface area contributed by atoms with Crippen LogP contribution in [0.2, 0.25) is 0 Å². The summed E-state index contributed by atoms with van der Waals surface area (Å²) in [7, 11) is 0. The molecule has 1 aliphatic rings. The highest BCUT2D eigenvalue weighted by molar-refractivity contribution is 5.85. The molecule has 0 aromatic rings. The van der Waals surface area contributed by atoms with Gasteiger partial charge in [0.2, 0.25) is 0 Å². The molecule has 1 aliphatic heterocycles. The summed E-state index contributed by atoms with van der Waals surface area (Å²) in [5.74, 6) is 0.471. The van der Waals surface area contributed by atoms with Crippen LogP contribution < -0.4 is 5.32 Å². The SMILES string of the molecule is C=C(C)CCC(=O)C1(CCC)CCNCC1. The van der Waals surface area contributed by atoms with Crippen LogP contribution >= 0.6 is 0 Å². The van der Waals surface area contributed by atoms with E-state index in [-0.39, 0.29) is 5.41 Å². The number of Topliss-reactive ketones (excluding diaryl/α,β-unsaturated/α-hetero) is 1. The summed E-state index contributed by atoms with van der Waals surface area (Å²) in [6.45, 7) is 10.1. The predicted molar refractivity (Wildman–Crippen MR) is 68.5 cm³/mol. The average Bonchev–Trinajstić information content (AvgIpc) is 2.27. The summed E-state index contributed by atoms with van der Waals surface area (Å²) >= 11 is 0. The minimum atomic E-state index is -0.0184. The molecule has 1 heterocycles. The van der Waals surface area contributed by atoms with Crippen LogP contribution in [0, 0.1) is 5.41 Å². The second-order valence-corrected chi connectivity index (χ2v) is 5.16. The van der Waals surface area contributed by atoms with Gasteiger partial charge in [0.05, 0.1) is 0 Å². The monoisotopic (exact) mass is 223 g/mol. The van der Waals surface area contributed by atoms with Crippen molar-refractivity contribution in [1.29, 1.82) is 0 Å². The largest absolute Gasteiger partial charge is 0.317 e.